The van der Waals surface area contributed by atoms with Crippen LogP contribution in [-0.4, -0.2) is 32.5 Å². The first-order valence-corrected chi connectivity index (χ1v) is 7.64. The largest absolute Gasteiger partial charge is 0.508 e. The molecular weight excluding hydrogens is 325 g/mol. The lowest BCUT2D eigenvalue weighted by Crippen LogP contribution is -2.29. The number of halogens is 3. The maximum absolute atomic E-state index is 13.2. The highest BCUT2D eigenvalue weighted by atomic mass is 19.4. The molecule has 5 nitrogen and oxygen atoms in total. The molecule has 0 saturated carbocycles. The zero-order chi connectivity index (χ0) is 18.5. The van der Waals surface area contributed by atoms with Gasteiger partial charge in [-0.15, -0.1) is 0 Å². The van der Waals surface area contributed by atoms with Crippen molar-refractivity contribution in [3.8, 4) is 0 Å². The van der Waals surface area contributed by atoms with Gasteiger partial charge in [0.25, 0.3) is 0 Å². The van der Waals surface area contributed by atoms with Crippen molar-refractivity contribution in [2.24, 2.45) is 0 Å². The molecule has 0 amide bonds. The summed E-state index contributed by atoms with van der Waals surface area (Å²) >= 11 is 0. The maximum Gasteiger partial charge on any atom is 0.508 e. The summed E-state index contributed by atoms with van der Waals surface area (Å²) in [6.45, 7) is 7.65. The fourth-order valence-electron chi connectivity index (χ4n) is 2.33. The molecule has 0 bridgehead atoms. The van der Waals surface area contributed by atoms with Crippen molar-refractivity contribution in [2.75, 3.05) is 36.9 Å². The quantitative estimate of drug-likeness (QED) is 0.624. The summed E-state index contributed by atoms with van der Waals surface area (Å²) in [6.07, 6.45) is -5.33. The van der Waals surface area contributed by atoms with E-state index in [0.29, 0.717) is 23.4 Å². The van der Waals surface area contributed by atoms with Gasteiger partial charge in [-0.3, -0.25) is 0 Å². The molecule has 1 aromatic carbocycles. The minimum Gasteiger partial charge on any atom is -0.435 e. The molecule has 24 heavy (non-hydrogen) atoms. The van der Waals surface area contributed by atoms with Crippen LogP contribution in [0.4, 0.5) is 29.3 Å². The van der Waals surface area contributed by atoms with E-state index >= 15 is 0 Å². The third-order valence-electron chi connectivity index (χ3n) is 3.79. The van der Waals surface area contributed by atoms with Crippen molar-refractivity contribution in [3.05, 3.63) is 22.8 Å². The van der Waals surface area contributed by atoms with Gasteiger partial charge in [0, 0.05) is 17.9 Å². The van der Waals surface area contributed by atoms with Gasteiger partial charge in [0.2, 0.25) is 0 Å². The standard InChI is InChI=1S/C16H23F3N2O3/c1-5-21(7-8-24-15(22)23-6-2)13-9-12(16(17,18)19)14(20)11(4)10(13)3/h9H,5-8,20H2,1-4H3. The Balaban J connectivity index is 3.04. The van der Waals surface area contributed by atoms with E-state index in [9.17, 15) is 18.0 Å². The normalized spacial score (nSPS) is 11.3. The number of nitrogens with zero attached hydrogens (tertiary/aromatic N) is 1. The van der Waals surface area contributed by atoms with E-state index in [2.05, 4.69) is 4.74 Å². The molecule has 1 aromatic rings. The van der Waals surface area contributed by atoms with Crippen LogP contribution in [0.25, 0.3) is 0 Å². The molecule has 1 rings (SSSR count). The molecule has 0 aliphatic rings. The van der Waals surface area contributed by atoms with Crippen LogP contribution in [0.5, 0.6) is 0 Å². The second-order valence-electron chi connectivity index (χ2n) is 5.22. The van der Waals surface area contributed by atoms with Crippen molar-refractivity contribution >= 4 is 17.5 Å². The van der Waals surface area contributed by atoms with Gasteiger partial charge in [-0.05, 0) is 44.9 Å². The van der Waals surface area contributed by atoms with Crippen LogP contribution in [0, 0.1) is 13.8 Å². The number of benzene rings is 1. The lowest BCUT2D eigenvalue weighted by molar-refractivity contribution is -0.136. The zero-order valence-corrected chi connectivity index (χ0v) is 14.3. The van der Waals surface area contributed by atoms with Crippen molar-refractivity contribution in [3.63, 3.8) is 0 Å². The van der Waals surface area contributed by atoms with Gasteiger partial charge in [-0.25, -0.2) is 4.79 Å². The van der Waals surface area contributed by atoms with Gasteiger partial charge in [0.05, 0.1) is 18.7 Å². The number of alkyl halides is 3. The topological polar surface area (TPSA) is 64.8 Å². The Hall–Kier alpha value is -2.12. The van der Waals surface area contributed by atoms with Gasteiger partial charge in [0.15, 0.2) is 0 Å². The predicted octanol–water partition coefficient (Wildman–Crippen LogP) is 3.90. The molecule has 0 aliphatic heterocycles. The van der Waals surface area contributed by atoms with Crippen LogP contribution in [0.15, 0.2) is 6.07 Å². The second-order valence-corrected chi connectivity index (χ2v) is 5.22. The Morgan fingerprint density at radius 2 is 1.83 bits per heavy atom. The van der Waals surface area contributed by atoms with E-state index in [1.807, 2.05) is 6.92 Å². The molecular formula is C16H23F3N2O3. The average molecular weight is 348 g/mol. The summed E-state index contributed by atoms with van der Waals surface area (Å²) in [5.41, 5.74) is 5.99. The summed E-state index contributed by atoms with van der Waals surface area (Å²) in [6, 6.07) is 1.05. The Kier molecular flexibility index (Phi) is 6.74. The van der Waals surface area contributed by atoms with Crippen LogP contribution in [0.3, 0.4) is 0 Å². The monoisotopic (exact) mass is 348 g/mol. The number of hydrogen-bond donors (Lipinski definition) is 1. The molecule has 0 atom stereocenters. The third kappa shape index (κ3) is 4.69. The van der Waals surface area contributed by atoms with Crippen molar-refractivity contribution < 1.29 is 27.4 Å². The average Bonchev–Trinajstić information content (AvgIpc) is 2.49. The number of hydrogen-bond acceptors (Lipinski definition) is 5. The molecule has 2 N–H and O–H groups in total. The van der Waals surface area contributed by atoms with E-state index in [0.717, 1.165) is 6.07 Å². The number of carbonyl (C=O) groups excluding carboxylic acids is 1. The fraction of sp³-hybridized carbons (Fsp3) is 0.562. The minimum atomic E-state index is -4.53. The van der Waals surface area contributed by atoms with Crippen molar-refractivity contribution in [2.45, 2.75) is 33.9 Å². The SMILES string of the molecule is CCOC(=O)OCCN(CC)c1cc(C(F)(F)F)c(N)c(C)c1C. The van der Waals surface area contributed by atoms with Crippen LogP contribution >= 0.6 is 0 Å². The predicted molar refractivity (Wildman–Crippen MR) is 86.2 cm³/mol. The van der Waals surface area contributed by atoms with Crippen molar-refractivity contribution in [1.82, 2.24) is 0 Å². The number of carbonyl (C=O) groups is 1. The number of ether oxygens (including phenoxy) is 2. The van der Waals surface area contributed by atoms with Gasteiger partial charge < -0.3 is 20.1 Å². The highest BCUT2D eigenvalue weighted by Gasteiger charge is 2.35. The Morgan fingerprint density at radius 1 is 1.21 bits per heavy atom. The van der Waals surface area contributed by atoms with Gasteiger partial charge in [0.1, 0.15) is 6.61 Å². The summed E-state index contributed by atoms with van der Waals surface area (Å²) in [5, 5.41) is 0. The summed E-state index contributed by atoms with van der Waals surface area (Å²) < 4.78 is 49.0. The third-order valence-corrected chi connectivity index (χ3v) is 3.79. The maximum atomic E-state index is 13.2. The van der Waals surface area contributed by atoms with Crippen LogP contribution in [-0.2, 0) is 15.7 Å². The van der Waals surface area contributed by atoms with Gasteiger partial charge in [-0.1, -0.05) is 0 Å². The number of likely N-dealkylation sites (N-methyl/N-ethyl adjacent to an activating group) is 1. The van der Waals surface area contributed by atoms with Gasteiger partial charge in [-0.2, -0.15) is 13.2 Å². The smallest absolute Gasteiger partial charge is 0.435 e. The summed E-state index contributed by atoms with van der Waals surface area (Å²) in [7, 11) is 0. The van der Waals surface area contributed by atoms with Crippen molar-refractivity contribution in [1.29, 1.82) is 0 Å². The first-order valence-electron chi connectivity index (χ1n) is 7.64. The molecule has 0 unspecified atom stereocenters. The minimum absolute atomic E-state index is 0.0108. The van der Waals surface area contributed by atoms with Crippen LogP contribution in [0.1, 0.15) is 30.5 Å². The number of nitrogen functional groups attached to an aromatic ring is 1. The van der Waals surface area contributed by atoms with E-state index in [4.69, 9.17) is 10.5 Å². The molecule has 0 aliphatic carbocycles. The Bertz CT molecular complexity index is 589. The molecule has 0 saturated heterocycles. The van der Waals surface area contributed by atoms with E-state index in [-0.39, 0.29) is 25.4 Å². The summed E-state index contributed by atoms with van der Waals surface area (Å²) in [5.74, 6) is 0. The van der Waals surface area contributed by atoms with Crippen LogP contribution < -0.4 is 10.6 Å². The lowest BCUT2D eigenvalue weighted by atomic mass is 9.99. The fourth-order valence-corrected chi connectivity index (χ4v) is 2.33. The molecule has 0 aromatic heterocycles. The molecule has 0 spiro atoms. The lowest BCUT2D eigenvalue weighted by Gasteiger charge is -2.27. The summed E-state index contributed by atoms with van der Waals surface area (Å²) in [4.78, 5) is 12.9. The first-order chi connectivity index (χ1) is 11.1. The Morgan fingerprint density at radius 3 is 2.33 bits per heavy atom. The van der Waals surface area contributed by atoms with Gasteiger partial charge >= 0.3 is 12.3 Å². The van der Waals surface area contributed by atoms with E-state index in [1.165, 1.54) is 0 Å². The highest BCUT2D eigenvalue weighted by Crippen LogP contribution is 2.40. The number of anilines is 2. The Labute approximate surface area is 139 Å². The zero-order valence-electron chi connectivity index (χ0n) is 14.3. The number of nitrogens with two attached hydrogens (primary N) is 1. The number of rotatable bonds is 6. The first kappa shape index (κ1) is 19.9. The molecule has 8 heteroatoms. The van der Waals surface area contributed by atoms with E-state index in [1.54, 1.807) is 25.7 Å². The molecule has 0 heterocycles. The van der Waals surface area contributed by atoms with E-state index < -0.39 is 17.9 Å². The van der Waals surface area contributed by atoms with Crippen LogP contribution in [0.2, 0.25) is 0 Å². The molecule has 0 fully saturated rings. The molecule has 136 valence electrons. The molecule has 0 radical (unpaired) electrons. The second kappa shape index (κ2) is 8.12. The highest BCUT2D eigenvalue weighted by molar-refractivity contribution is 5.69.